The van der Waals surface area contributed by atoms with Gasteiger partial charge in [0.05, 0.1) is 30.4 Å². The van der Waals surface area contributed by atoms with Crippen LogP contribution in [0, 0.1) is 11.6 Å². The van der Waals surface area contributed by atoms with Crippen molar-refractivity contribution in [3.05, 3.63) is 47.7 Å². The minimum absolute atomic E-state index is 0.0719. The highest BCUT2D eigenvalue weighted by molar-refractivity contribution is 7.88. The Morgan fingerprint density at radius 2 is 1.92 bits per heavy atom. The molecule has 1 aromatic heterocycles. The van der Waals surface area contributed by atoms with Crippen LogP contribution in [0.5, 0.6) is 5.75 Å². The number of sulfonamides is 1. The molecule has 37 heavy (non-hydrogen) atoms. The number of urea groups is 1. The second-order valence-electron chi connectivity index (χ2n) is 8.95. The number of hydrogen-bond acceptors (Lipinski definition) is 6. The normalized spacial score (nSPS) is 21.2. The number of carbonyl (C=O) groups is 1. The van der Waals surface area contributed by atoms with Gasteiger partial charge in [-0.2, -0.15) is 0 Å². The van der Waals surface area contributed by atoms with E-state index in [2.05, 4.69) is 5.16 Å². The molecule has 2 saturated heterocycles. The zero-order valence-corrected chi connectivity index (χ0v) is 20.5. The van der Waals surface area contributed by atoms with Crippen LogP contribution in [0.3, 0.4) is 0 Å². The first-order chi connectivity index (χ1) is 17.4. The standard InChI is InChI=1S/C23H22F4N4O5S/c1-3-35-12-7-13(20-14(24)5-4-6-15(20)25)21-16(28-36-17(21)8-12)9-30-11-19-23(26,27)18(29-37(2,33)34)10-31(19)22(30)32/h4-8,18-19,29H,3,9-11H2,1-2H3/t18-,19-/m1/s1. The average molecular weight is 543 g/mol. The fraction of sp³-hybridized carbons (Fsp3) is 0.391. The van der Waals surface area contributed by atoms with Crippen molar-refractivity contribution in [3.63, 3.8) is 0 Å². The van der Waals surface area contributed by atoms with Gasteiger partial charge in [0, 0.05) is 24.7 Å². The van der Waals surface area contributed by atoms with Crippen LogP contribution in [0.4, 0.5) is 22.4 Å². The number of benzene rings is 2. The number of halogens is 4. The Labute approximate surface area is 209 Å². The van der Waals surface area contributed by atoms with E-state index in [0.717, 1.165) is 28.2 Å². The summed E-state index contributed by atoms with van der Waals surface area (Å²) in [6.45, 7) is 0.798. The molecule has 2 fully saturated rings. The Hall–Kier alpha value is -3.39. The maximum atomic E-state index is 15.0. The van der Waals surface area contributed by atoms with Gasteiger partial charge in [-0.05, 0) is 25.1 Å². The van der Waals surface area contributed by atoms with Crippen LogP contribution in [0.25, 0.3) is 22.1 Å². The first-order valence-electron chi connectivity index (χ1n) is 11.3. The van der Waals surface area contributed by atoms with Gasteiger partial charge in [-0.25, -0.2) is 35.5 Å². The molecule has 198 valence electrons. The molecule has 3 aromatic rings. The van der Waals surface area contributed by atoms with Crippen molar-refractivity contribution in [2.45, 2.75) is 31.5 Å². The SMILES string of the molecule is CCOc1cc(-c2c(F)cccc2F)c2c(CN3C[C@H]4N(C[C@@H](NS(C)(=O)=O)C4(F)F)C3=O)noc2c1. The summed E-state index contributed by atoms with van der Waals surface area (Å²) in [4.78, 5) is 15.0. The highest BCUT2D eigenvalue weighted by atomic mass is 32.2. The summed E-state index contributed by atoms with van der Waals surface area (Å²) in [6, 6.07) is 2.24. The number of ether oxygens (including phenoxy) is 1. The molecule has 0 bridgehead atoms. The van der Waals surface area contributed by atoms with Crippen molar-refractivity contribution in [1.29, 1.82) is 0 Å². The number of amides is 2. The van der Waals surface area contributed by atoms with Gasteiger partial charge in [0.15, 0.2) is 5.58 Å². The summed E-state index contributed by atoms with van der Waals surface area (Å²) in [5.74, 6) is -4.93. The van der Waals surface area contributed by atoms with Gasteiger partial charge in [0.1, 0.15) is 35.2 Å². The molecule has 14 heteroatoms. The molecule has 9 nitrogen and oxygen atoms in total. The van der Waals surface area contributed by atoms with Crippen molar-refractivity contribution in [2.24, 2.45) is 0 Å². The third-order valence-corrected chi connectivity index (χ3v) is 7.15. The molecular formula is C23H22F4N4O5S. The van der Waals surface area contributed by atoms with E-state index in [1.54, 1.807) is 6.92 Å². The smallest absolute Gasteiger partial charge is 0.321 e. The van der Waals surface area contributed by atoms with E-state index >= 15 is 0 Å². The van der Waals surface area contributed by atoms with Crippen LogP contribution in [-0.4, -0.2) is 73.4 Å². The topological polar surface area (TPSA) is 105 Å². The number of nitrogens with zero attached hydrogens (tertiary/aromatic N) is 3. The van der Waals surface area contributed by atoms with Crippen LogP contribution in [0.2, 0.25) is 0 Å². The molecule has 0 spiro atoms. The van der Waals surface area contributed by atoms with Crippen LogP contribution < -0.4 is 9.46 Å². The number of alkyl halides is 2. The number of fused-ring (bicyclic) bond motifs is 2. The lowest BCUT2D eigenvalue weighted by Crippen LogP contribution is -2.50. The van der Waals surface area contributed by atoms with E-state index < -0.39 is 58.8 Å². The first-order valence-corrected chi connectivity index (χ1v) is 13.2. The van der Waals surface area contributed by atoms with Gasteiger partial charge >= 0.3 is 6.03 Å². The summed E-state index contributed by atoms with van der Waals surface area (Å²) in [5, 5.41) is 4.17. The van der Waals surface area contributed by atoms with Gasteiger partial charge in [0.25, 0.3) is 5.92 Å². The van der Waals surface area contributed by atoms with Crippen LogP contribution in [0.1, 0.15) is 12.6 Å². The molecule has 3 heterocycles. The van der Waals surface area contributed by atoms with Gasteiger partial charge in [-0.15, -0.1) is 0 Å². The van der Waals surface area contributed by atoms with Gasteiger partial charge in [-0.1, -0.05) is 11.2 Å². The lowest BCUT2D eigenvalue weighted by atomic mass is 9.98. The van der Waals surface area contributed by atoms with E-state index in [-0.39, 0.29) is 46.7 Å². The Kier molecular flexibility index (Phi) is 6.06. The van der Waals surface area contributed by atoms with E-state index in [1.807, 2.05) is 4.72 Å². The van der Waals surface area contributed by atoms with Crippen molar-refractivity contribution >= 4 is 27.0 Å². The van der Waals surface area contributed by atoms with E-state index in [9.17, 15) is 30.8 Å². The molecule has 1 N–H and O–H groups in total. The predicted octanol–water partition coefficient (Wildman–Crippen LogP) is 3.34. The Balaban J connectivity index is 1.51. The van der Waals surface area contributed by atoms with Crippen LogP contribution in [0.15, 0.2) is 34.9 Å². The van der Waals surface area contributed by atoms with Crippen molar-refractivity contribution in [3.8, 4) is 16.9 Å². The molecule has 0 aliphatic carbocycles. The second-order valence-corrected chi connectivity index (χ2v) is 10.7. The zero-order valence-electron chi connectivity index (χ0n) is 19.7. The van der Waals surface area contributed by atoms with Crippen LogP contribution in [-0.2, 0) is 16.6 Å². The second kappa shape index (κ2) is 8.87. The quantitative estimate of drug-likeness (QED) is 0.460. The number of aromatic nitrogens is 1. The molecule has 0 unspecified atom stereocenters. The Morgan fingerprint density at radius 1 is 1.22 bits per heavy atom. The number of nitrogens with one attached hydrogen (secondary N) is 1. The summed E-state index contributed by atoms with van der Waals surface area (Å²) < 4.78 is 95.2. The molecule has 2 amide bonds. The zero-order chi connectivity index (χ0) is 26.7. The van der Waals surface area contributed by atoms with Crippen molar-refractivity contribution in [1.82, 2.24) is 19.7 Å². The molecule has 2 aliphatic rings. The number of hydrogen-bond donors (Lipinski definition) is 1. The Morgan fingerprint density at radius 3 is 2.54 bits per heavy atom. The fourth-order valence-electron chi connectivity index (χ4n) is 4.89. The average Bonchev–Trinajstić information content (AvgIpc) is 3.41. The summed E-state index contributed by atoms with van der Waals surface area (Å²) in [7, 11) is -3.93. The summed E-state index contributed by atoms with van der Waals surface area (Å²) in [6.07, 6.45) is 0.767. The third-order valence-electron chi connectivity index (χ3n) is 6.43. The lowest BCUT2D eigenvalue weighted by molar-refractivity contribution is -0.0359. The maximum absolute atomic E-state index is 15.0. The molecule has 2 aliphatic heterocycles. The van der Waals surface area contributed by atoms with Crippen molar-refractivity contribution < 1.29 is 40.0 Å². The highest BCUT2D eigenvalue weighted by Crippen LogP contribution is 2.41. The minimum Gasteiger partial charge on any atom is -0.494 e. The summed E-state index contributed by atoms with van der Waals surface area (Å²) >= 11 is 0. The van der Waals surface area contributed by atoms with E-state index in [0.29, 0.717) is 0 Å². The molecule has 2 atom stereocenters. The van der Waals surface area contributed by atoms with Gasteiger partial charge in [0.2, 0.25) is 10.0 Å². The van der Waals surface area contributed by atoms with Crippen molar-refractivity contribution in [2.75, 3.05) is 26.0 Å². The number of rotatable bonds is 7. The largest absolute Gasteiger partial charge is 0.494 e. The van der Waals surface area contributed by atoms with E-state index in [4.69, 9.17) is 9.26 Å². The predicted molar refractivity (Wildman–Crippen MR) is 124 cm³/mol. The lowest BCUT2D eigenvalue weighted by Gasteiger charge is -2.23. The van der Waals surface area contributed by atoms with E-state index in [1.165, 1.54) is 18.2 Å². The van der Waals surface area contributed by atoms with Gasteiger partial charge < -0.3 is 19.1 Å². The Bertz CT molecular complexity index is 1480. The molecular weight excluding hydrogens is 520 g/mol. The van der Waals surface area contributed by atoms with Crippen LogP contribution >= 0.6 is 0 Å². The third kappa shape index (κ3) is 4.37. The maximum Gasteiger partial charge on any atom is 0.321 e. The molecule has 0 saturated carbocycles. The summed E-state index contributed by atoms with van der Waals surface area (Å²) in [5.41, 5.74) is -0.0383. The molecule has 5 rings (SSSR count). The molecule has 2 aromatic carbocycles. The minimum atomic E-state index is -3.93. The number of carbonyl (C=O) groups excluding carboxylic acids is 1. The van der Waals surface area contributed by atoms with Gasteiger partial charge in [-0.3, -0.25) is 0 Å². The molecule has 0 radical (unpaired) electrons. The fourth-order valence-corrected chi connectivity index (χ4v) is 5.64. The highest BCUT2D eigenvalue weighted by Gasteiger charge is 2.62. The first kappa shape index (κ1) is 25.3. The monoisotopic (exact) mass is 542 g/mol.